The van der Waals surface area contributed by atoms with Crippen LogP contribution in [-0.4, -0.2) is 38.4 Å². The van der Waals surface area contributed by atoms with Gasteiger partial charge in [0.25, 0.3) is 5.91 Å². The second-order valence-corrected chi connectivity index (χ2v) is 4.83. The zero-order valence-corrected chi connectivity index (χ0v) is 12.7. The van der Waals surface area contributed by atoms with E-state index in [1.807, 2.05) is 0 Å². The number of rotatable bonds is 4. The zero-order valence-electron chi connectivity index (χ0n) is 12.7. The topological polar surface area (TPSA) is 109 Å². The Labute approximate surface area is 138 Å². The zero-order chi connectivity index (χ0) is 18.0. The summed E-state index contributed by atoms with van der Waals surface area (Å²) in [6, 6.07) is 8.48. The van der Waals surface area contributed by atoms with Crippen molar-refractivity contribution < 1.29 is 22.7 Å². The molecule has 3 aromatic rings. The standard InChI is InChI=1S/C14H11F3N6O2/c1-25-10-5-3-2-4-7(10)8-6-9(21-20-8)11(24)18-13-19-12(22-23-13)14(15,16)17/h2-6H,1H3,(H,20,21)(H2,18,19,22,23,24). The number of H-pyrrole nitrogens is 2. The Kier molecular flexibility index (Phi) is 4.13. The number of aromatic nitrogens is 5. The number of ether oxygens (including phenoxy) is 1. The molecule has 2 aromatic heterocycles. The summed E-state index contributed by atoms with van der Waals surface area (Å²) in [6.07, 6.45) is -4.68. The molecule has 0 atom stereocenters. The van der Waals surface area contributed by atoms with Gasteiger partial charge in [0.05, 0.1) is 12.8 Å². The van der Waals surface area contributed by atoms with Gasteiger partial charge in [-0.1, -0.05) is 12.1 Å². The van der Waals surface area contributed by atoms with E-state index in [0.29, 0.717) is 17.0 Å². The molecule has 0 bridgehead atoms. The molecular formula is C14H11F3N6O2. The van der Waals surface area contributed by atoms with Crippen LogP contribution in [0.2, 0.25) is 0 Å². The minimum atomic E-state index is -4.68. The van der Waals surface area contributed by atoms with Gasteiger partial charge in [0.1, 0.15) is 11.4 Å². The van der Waals surface area contributed by atoms with Gasteiger partial charge in [-0.15, -0.1) is 5.10 Å². The minimum Gasteiger partial charge on any atom is -0.496 e. The fraction of sp³-hybridized carbons (Fsp3) is 0.143. The molecule has 25 heavy (non-hydrogen) atoms. The molecule has 8 nitrogen and oxygen atoms in total. The molecule has 130 valence electrons. The van der Waals surface area contributed by atoms with Crippen molar-refractivity contribution in [3.63, 3.8) is 0 Å². The molecule has 0 radical (unpaired) electrons. The first kappa shape index (κ1) is 16.5. The highest BCUT2D eigenvalue weighted by Crippen LogP contribution is 2.29. The van der Waals surface area contributed by atoms with Gasteiger partial charge < -0.3 is 4.74 Å². The number of anilines is 1. The third-order valence-electron chi connectivity index (χ3n) is 3.18. The number of para-hydroxylation sites is 1. The summed E-state index contributed by atoms with van der Waals surface area (Å²) in [5, 5.41) is 13.7. The van der Waals surface area contributed by atoms with Gasteiger partial charge in [0, 0.05) is 5.56 Å². The summed E-state index contributed by atoms with van der Waals surface area (Å²) >= 11 is 0. The molecular weight excluding hydrogens is 341 g/mol. The Morgan fingerprint density at radius 3 is 2.64 bits per heavy atom. The van der Waals surface area contributed by atoms with Crippen LogP contribution >= 0.6 is 0 Å². The highest BCUT2D eigenvalue weighted by atomic mass is 19.4. The van der Waals surface area contributed by atoms with Crippen molar-refractivity contribution in [2.24, 2.45) is 0 Å². The van der Waals surface area contributed by atoms with Crippen molar-refractivity contribution in [2.75, 3.05) is 12.4 Å². The number of carbonyl (C=O) groups is 1. The molecule has 1 amide bonds. The summed E-state index contributed by atoms with van der Waals surface area (Å²) in [6.45, 7) is 0. The van der Waals surface area contributed by atoms with Crippen LogP contribution in [0.4, 0.5) is 19.1 Å². The maximum atomic E-state index is 12.4. The monoisotopic (exact) mass is 352 g/mol. The lowest BCUT2D eigenvalue weighted by Gasteiger charge is -2.04. The van der Waals surface area contributed by atoms with Crippen molar-refractivity contribution in [1.29, 1.82) is 0 Å². The van der Waals surface area contributed by atoms with Crippen molar-refractivity contribution in [3.8, 4) is 17.0 Å². The Balaban J connectivity index is 1.78. The second-order valence-electron chi connectivity index (χ2n) is 4.83. The number of nitrogens with zero attached hydrogens (tertiary/aromatic N) is 3. The molecule has 0 unspecified atom stereocenters. The first-order valence-electron chi connectivity index (χ1n) is 6.88. The number of amides is 1. The lowest BCUT2D eigenvalue weighted by atomic mass is 10.1. The smallest absolute Gasteiger partial charge is 0.451 e. The molecule has 0 saturated carbocycles. The van der Waals surface area contributed by atoms with E-state index >= 15 is 0 Å². The van der Waals surface area contributed by atoms with Crippen LogP contribution in [0.15, 0.2) is 30.3 Å². The predicted octanol–water partition coefficient (Wildman–Crippen LogP) is 2.47. The van der Waals surface area contributed by atoms with Crippen LogP contribution in [0.3, 0.4) is 0 Å². The van der Waals surface area contributed by atoms with Gasteiger partial charge in [-0.05, 0) is 18.2 Å². The SMILES string of the molecule is COc1ccccc1-c1cc(C(=O)Nc2n[nH]c(C(F)(F)F)n2)[nH]n1. The third kappa shape index (κ3) is 3.44. The summed E-state index contributed by atoms with van der Waals surface area (Å²) in [5.74, 6) is -1.97. The predicted molar refractivity (Wildman–Crippen MR) is 79.9 cm³/mol. The van der Waals surface area contributed by atoms with Crippen LogP contribution < -0.4 is 10.1 Å². The molecule has 2 heterocycles. The van der Waals surface area contributed by atoms with Gasteiger partial charge in [-0.3, -0.25) is 20.3 Å². The Morgan fingerprint density at radius 2 is 1.96 bits per heavy atom. The van der Waals surface area contributed by atoms with E-state index in [-0.39, 0.29) is 5.69 Å². The van der Waals surface area contributed by atoms with E-state index in [1.54, 1.807) is 29.4 Å². The van der Waals surface area contributed by atoms with Crippen molar-refractivity contribution in [3.05, 3.63) is 41.9 Å². The molecule has 3 rings (SSSR count). The van der Waals surface area contributed by atoms with Crippen LogP contribution in [0, 0.1) is 0 Å². The Bertz CT molecular complexity index is 902. The first-order valence-corrected chi connectivity index (χ1v) is 6.88. The molecule has 0 saturated heterocycles. The van der Waals surface area contributed by atoms with Gasteiger partial charge in [0.2, 0.25) is 11.8 Å². The van der Waals surface area contributed by atoms with E-state index in [9.17, 15) is 18.0 Å². The quantitative estimate of drug-likeness (QED) is 0.668. The number of carbonyl (C=O) groups excluding carboxylic acids is 1. The van der Waals surface area contributed by atoms with E-state index < -0.39 is 23.9 Å². The summed E-state index contributed by atoms with van der Waals surface area (Å²) in [4.78, 5) is 15.2. The van der Waals surface area contributed by atoms with E-state index in [0.717, 1.165) is 0 Å². The molecule has 0 aliphatic rings. The maximum absolute atomic E-state index is 12.4. The number of hydrogen-bond acceptors (Lipinski definition) is 5. The number of methoxy groups -OCH3 is 1. The molecule has 0 aliphatic carbocycles. The van der Waals surface area contributed by atoms with Crippen molar-refractivity contribution >= 4 is 11.9 Å². The largest absolute Gasteiger partial charge is 0.496 e. The Morgan fingerprint density at radius 1 is 1.20 bits per heavy atom. The maximum Gasteiger partial charge on any atom is 0.451 e. The molecule has 1 aromatic carbocycles. The average Bonchev–Trinajstić information content (AvgIpc) is 3.23. The van der Waals surface area contributed by atoms with Crippen molar-refractivity contribution in [2.45, 2.75) is 6.18 Å². The fourth-order valence-corrected chi connectivity index (χ4v) is 2.05. The molecule has 0 spiro atoms. The van der Waals surface area contributed by atoms with Gasteiger partial charge in [0.15, 0.2) is 0 Å². The summed E-state index contributed by atoms with van der Waals surface area (Å²) in [7, 11) is 1.50. The van der Waals surface area contributed by atoms with E-state index in [1.165, 1.54) is 13.2 Å². The lowest BCUT2D eigenvalue weighted by molar-refractivity contribution is -0.144. The fourth-order valence-electron chi connectivity index (χ4n) is 2.05. The van der Waals surface area contributed by atoms with Gasteiger partial charge in [-0.25, -0.2) is 0 Å². The summed E-state index contributed by atoms with van der Waals surface area (Å²) < 4.78 is 42.6. The third-order valence-corrected chi connectivity index (χ3v) is 3.18. The van der Waals surface area contributed by atoms with E-state index in [2.05, 4.69) is 25.6 Å². The first-order chi connectivity index (χ1) is 11.9. The van der Waals surface area contributed by atoms with Crippen LogP contribution in [0.25, 0.3) is 11.3 Å². The number of benzene rings is 1. The number of halogens is 3. The minimum absolute atomic E-state index is 0.0271. The number of hydrogen-bond donors (Lipinski definition) is 3. The van der Waals surface area contributed by atoms with Crippen LogP contribution in [-0.2, 0) is 6.18 Å². The normalized spacial score (nSPS) is 11.4. The highest BCUT2D eigenvalue weighted by Gasteiger charge is 2.35. The molecule has 3 N–H and O–H groups in total. The average molecular weight is 352 g/mol. The number of aromatic amines is 2. The second kappa shape index (κ2) is 6.26. The molecule has 0 fully saturated rings. The number of nitrogens with one attached hydrogen (secondary N) is 3. The van der Waals surface area contributed by atoms with E-state index in [4.69, 9.17) is 4.74 Å². The van der Waals surface area contributed by atoms with Crippen LogP contribution in [0.5, 0.6) is 5.75 Å². The van der Waals surface area contributed by atoms with Crippen LogP contribution in [0.1, 0.15) is 16.3 Å². The molecule has 11 heteroatoms. The molecule has 0 aliphatic heterocycles. The highest BCUT2D eigenvalue weighted by molar-refractivity contribution is 6.02. The van der Waals surface area contributed by atoms with Crippen molar-refractivity contribution in [1.82, 2.24) is 25.4 Å². The number of alkyl halides is 3. The summed E-state index contributed by atoms with van der Waals surface area (Å²) in [5.41, 5.74) is 1.12. The Hall–Kier alpha value is -3.37. The van der Waals surface area contributed by atoms with Gasteiger partial charge >= 0.3 is 6.18 Å². The van der Waals surface area contributed by atoms with Gasteiger partial charge in [-0.2, -0.15) is 23.3 Å². The lowest BCUT2D eigenvalue weighted by Crippen LogP contribution is -2.14.